The molecule has 0 saturated heterocycles. The Morgan fingerprint density at radius 2 is 2.19 bits per heavy atom. The van der Waals surface area contributed by atoms with Crippen LogP contribution >= 0.6 is 12.2 Å². The van der Waals surface area contributed by atoms with Crippen LogP contribution in [0.2, 0.25) is 0 Å². The van der Waals surface area contributed by atoms with E-state index in [-0.39, 0.29) is 5.82 Å². The van der Waals surface area contributed by atoms with Crippen molar-refractivity contribution in [2.24, 2.45) is 7.05 Å². The van der Waals surface area contributed by atoms with Crippen LogP contribution in [0.4, 0.5) is 4.39 Å². The van der Waals surface area contributed by atoms with E-state index in [1.807, 2.05) is 36.6 Å². The molecule has 0 bridgehead atoms. The van der Waals surface area contributed by atoms with Crippen molar-refractivity contribution in [3.8, 4) is 6.07 Å². The summed E-state index contributed by atoms with van der Waals surface area (Å²) in [6.45, 7) is 2.71. The van der Waals surface area contributed by atoms with E-state index in [1.165, 1.54) is 12.1 Å². The van der Waals surface area contributed by atoms with Crippen molar-refractivity contribution in [2.75, 3.05) is 7.05 Å². The second kappa shape index (κ2) is 6.16. The molecule has 0 aliphatic heterocycles. The van der Waals surface area contributed by atoms with Gasteiger partial charge >= 0.3 is 0 Å². The molecule has 7 heteroatoms. The molecule has 110 valence electrons. The Morgan fingerprint density at radius 1 is 1.48 bits per heavy atom. The van der Waals surface area contributed by atoms with E-state index in [4.69, 9.17) is 17.5 Å². The van der Waals surface area contributed by atoms with Crippen molar-refractivity contribution in [1.29, 1.82) is 5.26 Å². The van der Waals surface area contributed by atoms with Crippen LogP contribution in [0.3, 0.4) is 0 Å². The van der Waals surface area contributed by atoms with E-state index in [2.05, 4.69) is 5.10 Å². The Hall–Kier alpha value is -2.04. The summed E-state index contributed by atoms with van der Waals surface area (Å²) < 4.78 is 17.9. The lowest BCUT2D eigenvalue weighted by atomic mass is 10.1. The van der Waals surface area contributed by atoms with Crippen molar-refractivity contribution < 1.29 is 4.39 Å². The van der Waals surface area contributed by atoms with Gasteiger partial charge in [-0.15, -0.1) is 0 Å². The van der Waals surface area contributed by atoms with Gasteiger partial charge in [-0.3, -0.25) is 4.90 Å². The van der Waals surface area contributed by atoms with E-state index in [0.717, 1.165) is 5.82 Å². The summed E-state index contributed by atoms with van der Waals surface area (Å²) in [7, 11) is 3.71. The first-order valence-corrected chi connectivity index (χ1v) is 6.80. The topological polar surface area (TPSA) is 49.8 Å². The standard InChI is InChI=1S/C14H16FN5S/c1-10-17-20(14(21)19(10)3)9-18(2)8-12-6-11(7-16)4-5-13(12)15/h4-6H,8-9H2,1-3H3. The van der Waals surface area contributed by atoms with Gasteiger partial charge in [-0.1, -0.05) is 0 Å². The largest absolute Gasteiger partial charge is 0.307 e. The maximum atomic E-state index is 13.8. The van der Waals surface area contributed by atoms with Crippen LogP contribution in [-0.2, 0) is 20.3 Å². The maximum Gasteiger partial charge on any atom is 0.198 e. The number of nitrogens with zero attached hydrogens (tertiary/aromatic N) is 5. The quantitative estimate of drug-likeness (QED) is 0.814. The van der Waals surface area contributed by atoms with Crippen molar-refractivity contribution in [3.63, 3.8) is 0 Å². The molecule has 0 unspecified atom stereocenters. The zero-order valence-corrected chi connectivity index (χ0v) is 13.0. The molecule has 0 aliphatic rings. The molecule has 0 amide bonds. The van der Waals surface area contributed by atoms with Gasteiger partial charge in [0.2, 0.25) is 0 Å². The van der Waals surface area contributed by atoms with Gasteiger partial charge in [0.15, 0.2) is 4.77 Å². The fraction of sp³-hybridized carbons (Fsp3) is 0.357. The lowest BCUT2D eigenvalue weighted by Crippen LogP contribution is -2.23. The molecule has 2 aromatic rings. The molecule has 0 N–H and O–H groups in total. The smallest absolute Gasteiger partial charge is 0.198 e. The van der Waals surface area contributed by atoms with E-state index < -0.39 is 0 Å². The monoisotopic (exact) mass is 305 g/mol. The zero-order valence-electron chi connectivity index (χ0n) is 12.2. The molecule has 21 heavy (non-hydrogen) atoms. The molecule has 0 saturated carbocycles. The molecular formula is C14H16FN5S. The van der Waals surface area contributed by atoms with Gasteiger partial charge in [0, 0.05) is 19.2 Å². The highest BCUT2D eigenvalue weighted by molar-refractivity contribution is 7.71. The highest BCUT2D eigenvalue weighted by atomic mass is 32.1. The summed E-state index contributed by atoms with van der Waals surface area (Å²) in [6, 6.07) is 6.37. The second-order valence-corrected chi connectivity index (χ2v) is 5.33. The molecule has 1 heterocycles. The average Bonchev–Trinajstić information content (AvgIpc) is 2.68. The molecular weight excluding hydrogens is 289 g/mol. The summed E-state index contributed by atoms with van der Waals surface area (Å²) >= 11 is 5.28. The molecule has 1 aromatic heterocycles. The Labute approximate surface area is 127 Å². The van der Waals surface area contributed by atoms with Crippen molar-refractivity contribution in [2.45, 2.75) is 20.1 Å². The predicted octanol–water partition coefficient (Wildman–Crippen LogP) is 2.36. The normalized spacial score (nSPS) is 10.9. The van der Waals surface area contributed by atoms with Crippen LogP contribution in [0.5, 0.6) is 0 Å². The van der Waals surface area contributed by atoms with E-state index in [1.54, 1.807) is 10.7 Å². The van der Waals surface area contributed by atoms with Gasteiger partial charge < -0.3 is 4.57 Å². The third kappa shape index (κ3) is 3.35. The minimum absolute atomic E-state index is 0.318. The van der Waals surface area contributed by atoms with Crippen LogP contribution in [0.1, 0.15) is 17.0 Å². The second-order valence-electron chi connectivity index (χ2n) is 4.96. The number of benzene rings is 1. The molecule has 0 fully saturated rings. The summed E-state index contributed by atoms with van der Waals surface area (Å²) in [5.74, 6) is 0.507. The summed E-state index contributed by atoms with van der Waals surface area (Å²) in [4.78, 5) is 1.89. The van der Waals surface area contributed by atoms with Crippen LogP contribution < -0.4 is 0 Å². The van der Waals surface area contributed by atoms with Crippen LogP contribution in [0.25, 0.3) is 0 Å². The molecule has 0 radical (unpaired) electrons. The van der Waals surface area contributed by atoms with Crippen molar-refractivity contribution >= 4 is 12.2 Å². The number of nitriles is 1. The Bertz CT molecular complexity index is 756. The third-order valence-electron chi connectivity index (χ3n) is 3.25. The number of hydrogen-bond acceptors (Lipinski definition) is 4. The Balaban J connectivity index is 2.15. The molecule has 0 atom stereocenters. The number of aromatic nitrogens is 3. The van der Waals surface area contributed by atoms with Crippen molar-refractivity contribution in [3.05, 3.63) is 45.7 Å². The van der Waals surface area contributed by atoms with Gasteiger partial charge in [-0.25, -0.2) is 9.07 Å². The SMILES string of the molecule is Cc1nn(CN(C)Cc2cc(C#N)ccc2F)c(=S)n1C. The van der Waals surface area contributed by atoms with Crippen LogP contribution in [0.15, 0.2) is 18.2 Å². The fourth-order valence-corrected chi connectivity index (χ4v) is 2.25. The lowest BCUT2D eigenvalue weighted by molar-refractivity contribution is 0.240. The molecule has 0 spiro atoms. The van der Waals surface area contributed by atoms with Gasteiger partial charge in [0.1, 0.15) is 11.6 Å². The number of halogens is 1. The number of rotatable bonds is 4. The highest BCUT2D eigenvalue weighted by Gasteiger charge is 2.10. The summed E-state index contributed by atoms with van der Waals surface area (Å²) in [6.07, 6.45) is 0. The Morgan fingerprint density at radius 3 is 2.76 bits per heavy atom. The maximum absolute atomic E-state index is 13.8. The molecule has 1 aromatic carbocycles. The number of aryl methyl sites for hydroxylation is 1. The Kier molecular flexibility index (Phi) is 4.50. The van der Waals surface area contributed by atoms with Gasteiger partial charge in [-0.2, -0.15) is 10.4 Å². The van der Waals surface area contributed by atoms with Gasteiger partial charge in [0.05, 0.1) is 18.3 Å². The molecule has 2 rings (SSSR count). The first-order valence-electron chi connectivity index (χ1n) is 6.40. The first kappa shape index (κ1) is 15.4. The van der Waals surface area contributed by atoms with Gasteiger partial charge in [-0.05, 0) is 44.4 Å². The van der Waals surface area contributed by atoms with E-state index >= 15 is 0 Å². The van der Waals surface area contributed by atoms with Crippen LogP contribution in [0, 0.1) is 28.8 Å². The summed E-state index contributed by atoms with van der Waals surface area (Å²) in [5.41, 5.74) is 0.931. The van der Waals surface area contributed by atoms with Crippen molar-refractivity contribution in [1.82, 2.24) is 19.2 Å². The number of hydrogen-bond donors (Lipinski definition) is 0. The fourth-order valence-electron chi connectivity index (χ4n) is 2.02. The first-order chi connectivity index (χ1) is 9.92. The van der Waals surface area contributed by atoms with Gasteiger partial charge in [0.25, 0.3) is 0 Å². The highest BCUT2D eigenvalue weighted by Crippen LogP contribution is 2.12. The lowest BCUT2D eigenvalue weighted by Gasteiger charge is -2.17. The summed E-state index contributed by atoms with van der Waals surface area (Å²) in [5, 5.41) is 13.2. The van der Waals surface area contributed by atoms with Crippen LogP contribution in [-0.4, -0.2) is 26.3 Å². The zero-order chi connectivity index (χ0) is 15.6. The van der Waals surface area contributed by atoms with E-state index in [9.17, 15) is 4.39 Å². The molecule has 5 nitrogen and oxygen atoms in total. The minimum atomic E-state index is -0.318. The minimum Gasteiger partial charge on any atom is -0.307 e. The molecule has 0 aliphatic carbocycles. The third-order valence-corrected chi connectivity index (χ3v) is 3.73. The average molecular weight is 305 g/mol. The van der Waals surface area contributed by atoms with E-state index in [0.29, 0.717) is 29.1 Å². The predicted molar refractivity (Wildman–Crippen MR) is 79.4 cm³/mol.